The van der Waals surface area contributed by atoms with Crippen molar-refractivity contribution in [2.24, 2.45) is 11.5 Å². The first-order valence-electron chi connectivity index (χ1n) is 6.36. The number of rotatable bonds is 3. The molecule has 0 radical (unpaired) electrons. The maximum Gasteiger partial charge on any atom is 0.250 e. The molecule has 2 amide bonds. The molecule has 1 aromatic carbocycles. The number of nitrogens with two attached hydrogens (primary N) is 3. The average Bonchev–Trinajstić information content (AvgIpc) is 2.38. The van der Waals surface area contributed by atoms with Crippen LogP contribution in [0.1, 0.15) is 29.6 Å². The molecule has 2 rings (SSSR count). The lowest BCUT2D eigenvalue weighted by Crippen LogP contribution is -2.48. The van der Waals surface area contributed by atoms with Crippen LogP contribution in [0.2, 0.25) is 0 Å². The molecule has 1 heterocycles. The van der Waals surface area contributed by atoms with Gasteiger partial charge in [0, 0.05) is 12.2 Å². The van der Waals surface area contributed by atoms with E-state index in [4.69, 9.17) is 17.2 Å². The zero-order chi connectivity index (χ0) is 14.9. The molecule has 0 spiro atoms. The van der Waals surface area contributed by atoms with Crippen LogP contribution in [0.3, 0.4) is 0 Å². The molecule has 108 valence electrons. The number of nitrogens with zero attached hydrogens (tertiary/aromatic N) is 1. The highest BCUT2D eigenvalue weighted by molar-refractivity contribution is 5.99. The molecule has 1 aromatic rings. The molecule has 1 aliphatic heterocycles. The summed E-state index contributed by atoms with van der Waals surface area (Å²) < 4.78 is 14.1. The second-order valence-electron chi connectivity index (χ2n) is 4.86. The number of piperidine rings is 1. The van der Waals surface area contributed by atoms with Crippen molar-refractivity contribution < 1.29 is 14.0 Å². The standard InChI is InChI=1S/C13H17FN4O2/c14-8-6-9(15)7(12(16)19)5-11(8)18-4-2-1-3-10(18)13(17)20/h5-6,10H,1-4,15H2,(H2,16,19)(H2,17,20). The first-order chi connectivity index (χ1) is 9.41. The zero-order valence-electron chi connectivity index (χ0n) is 10.9. The number of anilines is 2. The van der Waals surface area contributed by atoms with Crippen LogP contribution in [-0.4, -0.2) is 24.4 Å². The molecular formula is C13H17FN4O2. The molecule has 6 nitrogen and oxygen atoms in total. The van der Waals surface area contributed by atoms with E-state index >= 15 is 0 Å². The lowest BCUT2D eigenvalue weighted by Gasteiger charge is -2.36. The third-order valence-corrected chi connectivity index (χ3v) is 3.53. The van der Waals surface area contributed by atoms with Gasteiger partial charge in [0.25, 0.3) is 5.91 Å². The predicted octanol–water partition coefficient (Wildman–Crippen LogP) is 0.351. The quantitative estimate of drug-likeness (QED) is 0.693. The van der Waals surface area contributed by atoms with E-state index in [1.165, 1.54) is 6.07 Å². The summed E-state index contributed by atoms with van der Waals surface area (Å²) in [5.74, 6) is -1.85. The maximum absolute atomic E-state index is 14.1. The highest BCUT2D eigenvalue weighted by atomic mass is 19.1. The molecule has 1 aliphatic rings. The van der Waals surface area contributed by atoms with Gasteiger partial charge in [-0.05, 0) is 31.4 Å². The van der Waals surface area contributed by atoms with E-state index in [1.807, 2.05) is 0 Å². The van der Waals surface area contributed by atoms with Crippen LogP contribution >= 0.6 is 0 Å². The number of carbonyl (C=O) groups excluding carboxylic acids is 2. The van der Waals surface area contributed by atoms with E-state index in [0.29, 0.717) is 13.0 Å². The van der Waals surface area contributed by atoms with Gasteiger partial charge in [0.2, 0.25) is 5.91 Å². The van der Waals surface area contributed by atoms with E-state index in [1.54, 1.807) is 4.90 Å². The van der Waals surface area contributed by atoms with Gasteiger partial charge in [-0.2, -0.15) is 0 Å². The minimum atomic E-state index is -0.739. The lowest BCUT2D eigenvalue weighted by atomic mass is 9.99. The molecule has 0 bridgehead atoms. The van der Waals surface area contributed by atoms with E-state index in [-0.39, 0.29) is 16.9 Å². The van der Waals surface area contributed by atoms with Crippen molar-refractivity contribution in [1.29, 1.82) is 0 Å². The second-order valence-corrected chi connectivity index (χ2v) is 4.86. The van der Waals surface area contributed by atoms with Crippen LogP contribution in [-0.2, 0) is 4.79 Å². The molecule has 7 heteroatoms. The van der Waals surface area contributed by atoms with Gasteiger partial charge in [-0.15, -0.1) is 0 Å². The van der Waals surface area contributed by atoms with Crippen LogP contribution in [0.25, 0.3) is 0 Å². The number of benzene rings is 1. The summed E-state index contributed by atoms with van der Waals surface area (Å²) in [6, 6.07) is 1.75. The van der Waals surface area contributed by atoms with Crippen molar-refractivity contribution in [3.8, 4) is 0 Å². The largest absolute Gasteiger partial charge is 0.398 e. The van der Waals surface area contributed by atoms with Crippen molar-refractivity contribution in [2.45, 2.75) is 25.3 Å². The Hall–Kier alpha value is -2.31. The third kappa shape index (κ3) is 2.52. The van der Waals surface area contributed by atoms with Gasteiger partial charge in [0.15, 0.2) is 0 Å². The number of hydrogen-bond acceptors (Lipinski definition) is 4. The van der Waals surface area contributed by atoms with Gasteiger partial charge in [0.1, 0.15) is 11.9 Å². The zero-order valence-corrected chi connectivity index (χ0v) is 10.9. The fourth-order valence-corrected chi connectivity index (χ4v) is 2.53. The van der Waals surface area contributed by atoms with Crippen LogP contribution in [0.4, 0.5) is 15.8 Å². The summed E-state index contributed by atoms with van der Waals surface area (Å²) in [7, 11) is 0. The lowest BCUT2D eigenvalue weighted by molar-refractivity contribution is -0.119. The average molecular weight is 280 g/mol. The molecule has 20 heavy (non-hydrogen) atoms. The Kier molecular flexibility index (Phi) is 3.78. The third-order valence-electron chi connectivity index (χ3n) is 3.53. The van der Waals surface area contributed by atoms with Crippen molar-refractivity contribution in [2.75, 3.05) is 17.2 Å². The summed E-state index contributed by atoms with van der Waals surface area (Å²) in [6.07, 6.45) is 2.23. The Bertz CT molecular complexity index is 562. The Morgan fingerprint density at radius 1 is 1.25 bits per heavy atom. The fourth-order valence-electron chi connectivity index (χ4n) is 2.53. The minimum absolute atomic E-state index is 0.0219. The van der Waals surface area contributed by atoms with Gasteiger partial charge < -0.3 is 22.1 Å². The Morgan fingerprint density at radius 3 is 2.55 bits per heavy atom. The minimum Gasteiger partial charge on any atom is -0.398 e. The number of amides is 2. The molecule has 0 aliphatic carbocycles. The highest BCUT2D eigenvalue weighted by Gasteiger charge is 2.29. The maximum atomic E-state index is 14.1. The molecule has 1 unspecified atom stereocenters. The summed E-state index contributed by atoms with van der Waals surface area (Å²) in [6.45, 7) is 0.493. The van der Waals surface area contributed by atoms with Crippen molar-refractivity contribution in [3.05, 3.63) is 23.5 Å². The Labute approximate surface area is 115 Å². The number of carbonyl (C=O) groups is 2. The van der Waals surface area contributed by atoms with Crippen LogP contribution in [0.5, 0.6) is 0 Å². The van der Waals surface area contributed by atoms with Crippen molar-refractivity contribution in [1.82, 2.24) is 0 Å². The van der Waals surface area contributed by atoms with Crippen LogP contribution in [0.15, 0.2) is 12.1 Å². The van der Waals surface area contributed by atoms with E-state index in [9.17, 15) is 14.0 Å². The molecule has 0 aromatic heterocycles. The first kappa shape index (κ1) is 14.1. The predicted molar refractivity (Wildman–Crippen MR) is 73.5 cm³/mol. The van der Waals surface area contributed by atoms with Gasteiger partial charge in [-0.3, -0.25) is 9.59 Å². The molecule has 0 saturated carbocycles. The summed E-state index contributed by atoms with van der Waals surface area (Å²) >= 11 is 0. The molecule has 6 N–H and O–H groups in total. The number of nitrogen functional groups attached to an aromatic ring is 1. The van der Waals surface area contributed by atoms with Crippen LogP contribution < -0.4 is 22.1 Å². The van der Waals surface area contributed by atoms with Crippen molar-refractivity contribution >= 4 is 23.2 Å². The van der Waals surface area contributed by atoms with Gasteiger partial charge in [-0.25, -0.2) is 4.39 Å². The molecular weight excluding hydrogens is 263 g/mol. The second kappa shape index (κ2) is 5.36. The first-order valence-corrected chi connectivity index (χ1v) is 6.36. The summed E-state index contributed by atoms with van der Waals surface area (Å²) in [4.78, 5) is 24.3. The van der Waals surface area contributed by atoms with Gasteiger partial charge in [0.05, 0.1) is 11.3 Å². The topological polar surface area (TPSA) is 115 Å². The molecule has 1 fully saturated rings. The normalized spacial score (nSPS) is 18.9. The molecule has 1 saturated heterocycles. The van der Waals surface area contributed by atoms with E-state index in [2.05, 4.69) is 0 Å². The fraction of sp³-hybridized carbons (Fsp3) is 0.385. The highest BCUT2D eigenvalue weighted by Crippen LogP contribution is 2.30. The summed E-state index contributed by atoms with van der Waals surface area (Å²) in [5, 5.41) is 0. The van der Waals surface area contributed by atoms with E-state index < -0.39 is 23.7 Å². The Morgan fingerprint density at radius 2 is 1.95 bits per heavy atom. The van der Waals surface area contributed by atoms with E-state index in [0.717, 1.165) is 18.9 Å². The monoisotopic (exact) mass is 280 g/mol. The number of hydrogen-bond donors (Lipinski definition) is 3. The van der Waals surface area contributed by atoms with Gasteiger partial charge in [-0.1, -0.05) is 0 Å². The van der Waals surface area contributed by atoms with Crippen molar-refractivity contribution in [3.63, 3.8) is 0 Å². The molecule has 1 atom stereocenters. The summed E-state index contributed by atoms with van der Waals surface area (Å²) in [5.41, 5.74) is 16.3. The Balaban J connectivity index is 2.47. The van der Waals surface area contributed by atoms with Gasteiger partial charge >= 0.3 is 0 Å². The van der Waals surface area contributed by atoms with Crippen LogP contribution in [0, 0.1) is 5.82 Å². The SMILES string of the molecule is NC(=O)c1cc(N2CCCCC2C(N)=O)c(F)cc1N. The smallest absolute Gasteiger partial charge is 0.250 e. The number of halogens is 1. The number of primary amides is 2.